The van der Waals surface area contributed by atoms with E-state index < -0.39 is 0 Å². The van der Waals surface area contributed by atoms with Crippen molar-refractivity contribution in [1.29, 1.82) is 0 Å². The summed E-state index contributed by atoms with van der Waals surface area (Å²) in [6.07, 6.45) is 3.52. The molecule has 140 valence electrons. The topological polar surface area (TPSA) is 59.7 Å². The first-order valence-electron chi connectivity index (χ1n) is 9.05. The number of aryl methyl sites for hydroxylation is 2. The van der Waals surface area contributed by atoms with Crippen LogP contribution in [0.5, 0.6) is 5.75 Å². The summed E-state index contributed by atoms with van der Waals surface area (Å²) in [5.41, 5.74) is 3.08. The summed E-state index contributed by atoms with van der Waals surface area (Å²) in [5.74, 6) is 0.763. The van der Waals surface area contributed by atoms with Gasteiger partial charge in [-0.25, -0.2) is 9.50 Å². The maximum absolute atomic E-state index is 12.9. The van der Waals surface area contributed by atoms with E-state index in [2.05, 4.69) is 10.1 Å². The van der Waals surface area contributed by atoms with Crippen LogP contribution in [0.3, 0.4) is 0 Å². The molecule has 1 saturated heterocycles. The molecule has 0 unspecified atom stereocenters. The summed E-state index contributed by atoms with van der Waals surface area (Å²) < 4.78 is 7.69. The number of piperidine rings is 1. The molecule has 0 aliphatic carbocycles. The molecule has 7 heteroatoms. The molecule has 1 aromatic carbocycles. The summed E-state index contributed by atoms with van der Waals surface area (Å²) in [4.78, 5) is 19.2. The summed E-state index contributed by atoms with van der Waals surface area (Å²) in [5, 5.41) is 5.14. The average molecular weight is 385 g/mol. The van der Waals surface area contributed by atoms with Gasteiger partial charge in [0.1, 0.15) is 17.5 Å². The van der Waals surface area contributed by atoms with Crippen molar-refractivity contribution in [2.75, 3.05) is 13.1 Å². The second-order valence-electron chi connectivity index (χ2n) is 6.93. The fraction of sp³-hybridized carbons (Fsp3) is 0.350. The molecule has 3 heterocycles. The number of hydrogen-bond acceptors (Lipinski definition) is 4. The van der Waals surface area contributed by atoms with Gasteiger partial charge in [-0.05, 0) is 49.7 Å². The SMILES string of the molecule is Cc1cn2nc(C(=O)N3CCC(Oc4ccc(Cl)cc4)CC3)cc(C)c2n1. The summed E-state index contributed by atoms with van der Waals surface area (Å²) in [7, 11) is 0. The van der Waals surface area contributed by atoms with E-state index in [1.165, 1.54) is 0 Å². The Hall–Kier alpha value is -2.60. The Morgan fingerprint density at radius 2 is 1.89 bits per heavy atom. The van der Waals surface area contributed by atoms with Crippen LogP contribution >= 0.6 is 11.6 Å². The Morgan fingerprint density at radius 1 is 1.19 bits per heavy atom. The van der Waals surface area contributed by atoms with Crippen LogP contribution in [0.4, 0.5) is 0 Å². The van der Waals surface area contributed by atoms with E-state index >= 15 is 0 Å². The van der Waals surface area contributed by atoms with Crippen molar-refractivity contribution in [2.24, 2.45) is 0 Å². The molecule has 27 heavy (non-hydrogen) atoms. The van der Waals surface area contributed by atoms with Crippen LogP contribution in [0.25, 0.3) is 5.65 Å². The Morgan fingerprint density at radius 3 is 2.59 bits per heavy atom. The molecular weight excluding hydrogens is 364 g/mol. The van der Waals surface area contributed by atoms with Crippen LogP contribution in [-0.4, -0.2) is 44.6 Å². The molecule has 0 saturated carbocycles. The van der Waals surface area contributed by atoms with Crippen molar-refractivity contribution in [1.82, 2.24) is 19.5 Å². The highest BCUT2D eigenvalue weighted by Crippen LogP contribution is 2.22. The van der Waals surface area contributed by atoms with Crippen molar-refractivity contribution >= 4 is 23.2 Å². The zero-order valence-corrected chi connectivity index (χ0v) is 16.1. The second-order valence-corrected chi connectivity index (χ2v) is 7.36. The number of likely N-dealkylation sites (tertiary alicyclic amines) is 1. The first kappa shape index (κ1) is 17.8. The summed E-state index contributed by atoms with van der Waals surface area (Å²) in [6.45, 7) is 5.17. The molecule has 6 nitrogen and oxygen atoms in total. The number of nitrogens with zero attached hydrogens (tertiary/aromatic N) is 4. The van der Waals surface area contributed by atoms with E-state index in [0.29, 0.717) is 23.8 Å². The lowest BCUT2D eigenvalue weighted by Crippen LogP contribution is -2.42. The Balaban J connectivity index is 1.42. The van der Waals surface area contributed by atoms with Crippen molar-refractivity contribution in [3.63, 3.8) is 0 Å². The molecular formula is C20H21ClN4O2. The van der Waals surface area contributed by atoms with Gasteiger partial charge in [0.05, 0.1) is 11.9 Å². The Bertz CT molecular complexity index is 976. The quantitative estimate of drug-likeness (QED) is 0.691. The van der Waals surface area contributed by atoms with E-state index in [1.54, 1.807) is 4.52 Å². The van der Waals surface area contributed by atoms with Crippen LogP contribution in [0.15, 0.2) is 36.5 Å². The van der Waals surface area contributed by atoms with E-state index in [9.17, 15) is 4.79 Å². The van der Waals surface area contributed by atoms with Gasteiger partial charge in [-0.1, -0.05) is 11.6 Å². The highest BCUT2D eigenvalue weighted by atomic mass is 35.5. The highest BCUT2D eigenvalue weighted by molar-refractivity contribution is 6.30. The van der Waals surface area contributed by atoms with Gasteiger partial charge in [0.15, 0.2) is 5.65 Å². The van der Waals surface area contributed by atoms with Crippen molar-refractivity contribution in [3.05, 3.63) is 58.5 Å². The summed E-state index contributed by atoms with van der Waals surface area (Å²) in [6, 6.07) is 9.19. The third-order valence-electron chi connectivity index (χ3n) is 4.79. The minimum atomic E-state index is -0.0451. The van der Waals surface area contributed by atoms with Crippen LogP contribution in [0.2, 0.25) is 5.02 Å². The van der Waals surface area contributed by atoms with Crippen molar-refractivity contribution < 1.29 is 9.53 Å². The predicted octanol–water partition coefficient (Wildman–Crippen LogP) is 3.68. The number of imidazole rings is 1. The molecule has 1 aliphatic heterocycles. The predicted molar refractivity (Wildman–Crippen MR) is 103 cm³/mol. The number of hydrogen-bond donors (Lipinski definition) is 0. The summed E-state index contributed by atoms with van der Waals surface area (Å²) >= 11 is 5.90. The number of ether oxygens (including phenoxy) is 1. The molecule has 4 rings (SSSR count). The molecule has 0 bridgehead atoms. The van der Waals surface area contributed by atoms with Gasteiger partial charge in [0.25, 0.3) is 5.91 Å². The minimum absolute atomic E-state index is 0.0451. The third-order valence-corrected chi connectivity index (χ3v) is 5.05. The molecule has 1 amide bonds. The molecule has 0 N–H and O–H groups in total. The van der Waals surface area contributed by atoms with Gasteiger partial charge in [-0.15, -0.1) is 0 Å². The van der Waals surface area contributed by atoms with Crippen LogP contribution in [-0.2, 0) is 0 Å². The number of amides is 1. The molecule has 1 fully saturated rings. The lowest BCUT2D eigenvalue weighted by atomic mass is 10.1. The second kappa shape index (κ2) is 7.19. The first-order valence-corrected chi connectivity index (χ1v) is 9.42. The number of benzene rings is 1. The van der Waals surface area contributed by atoms with Gasteiger partial charge >= 0.3 is 0 Å². The van der Waals surface area contributed by atoms with Gasteiger partial charge in [0.2, 0.25) is 0 Å². The minimum Gasteiger partial charge on any atom is -0.490 e. The zero-order valence-electron chi connectivity index (χ0n) is 15.4. The van der Waals surface area contributed by atoms with Crippen molar-refractivity contribution in [3.8, 4) is 5.75 Å². The Kier molecular flexibility index (Phi) is 4.74. The monoisotopic (exact) mass is 384 g/mol. The van der Waals surface area contributed by atoms with Gasteiger partial charge in [-0.3, -0.25) is 4.79 Å². The number of carbonyl (C=O) groups is 1. The van der Waals surface area contributed by atoms with Crippen LogP contribution in [0.1, 0.15) is 34.6 Å². The standard InChI is InChI=1S/C20H21ClN4O2/c1-13-11-18(23-25-12-14(2)22-19(13)25)20(26)24-9-7-17(8-10-24)27-16-5-3-15(21)4-6-16/h3-6,11-12,17H,7-10H2,1-2H3. The lowest BCUT2D eigenvalue weighted by molar-refractivity contribution is 0.0588. The Labute approximate surface area is 162 Å². The average Bonchev–Trinajstić information content (AvgIpc) is 3.04. The normalized spacial score (nSPS) is 15.3. The molecule has 0 radical (unpaired) electrons. The molecule has 1 aliphatic rings. The number of aromatic nitrogens is 3. The van der Waals surface area contributed by atoms with Gasteiger partial charge < -0.3 is 9.64 Å². The third kappa shape index (κ3) is 3.76. The fourth-order valence-electron chi connectivity index (χ4n) is 3.39. The number of rotatable bonds is 3. The maximum atomic E-state index is 12.9. The molecule has 3 aromatic rings. The van der Waals surface area contributed by atoms with Gasteiger partial charge in [-0.2, -0.15) is 5.10 Å². The fourth-order valence-corrected chi connectivity index (χ4v) is 3.52. The molecule has 0 spiro atoms. The van der Waals surface area contributed by atoms with E-state index in [4.69, 9.17) is 16.3 Å². The number of carbonyl (C=O) groups excluding carboxylic acids is 1. The molecule has 0 atom stereocenters. The number of halogens is 1. The van der Waals surface area contributed by atoms with Crippen LogP contribution in [0, 0.1) is 13.8 Å². The highest BCUT2D eigenvalue weighted by Gasteiger charge is 2.26. The number of fused-ring (bicyclic) bond motifs is 1. The van der Waals surface area contributed by atoms with E-state index in [1.807, 2.05) is 55.3 Å². The lowest BCUT2D eigenvalue weighted by Gasteiger charge is -2.32. The van der Waals surface area contributed by atoms with E-state index in [-0.39, 0.29) is 12.0 Å². The van der Waals surface area contributed by atoms with Crippen molar-refractivity contribution in [2.45, 2.75) is 32.8 Å². The zero-order chi connectivity index (χ0) is 19.0. The van der Waals surface area contributed by atoms with E-state index in [0.717, 1.165) is 35.5 Å². The van der Waals surface area contributed by atoms with Crippen LogP contribution < -0.4 is 4.74 Å². The first-order chi connectivity index (χ1) is 13.0. The largest absolute Gasteiger partial charge is 0.490 e. The maximum Gasteiger partial charge on any atom is 0.274 e. The smallest absolute Gasteiger partial charge is 0.274 e. The molecule has 2 aromatic heterocycles. The van der Waals surface area contributed by atoms with Gasteiger partial charge in [0, 0.05) is 31.0 Å².